The number of hydrogen-bond acceptors (Lipinski definition) is 2. The minimum Gasteiger partial charge on any atom is -0.492 e. The number of nitrogens with one attached hydrogen (secondary N) is 1. The Morgan fingerprint density at radius 2 is 2.26 bits per heavy atom. The molecule has 120 valence electrons. The van der Waals surface area contributed by atoms with Crippen LogP contribution in [0.25, 0.3) is 0 Å². The second-order valence-corrected chi connectivity index (χ2v) is 6.72. The van der Waals surface area contributed by atoms with Crippen LogP contribution in [0, 0.1) is 5.92 Å². The van der Waals surface area contributed by atoms with E-state index in [-0.39, 0.29) is 17.9 Å². The van der Waals surface area contributed by atoms with E-state index >= 15 is 0 Å². The molecule has 0 spiro atoms. The molecule has 1 fully saturated rings. The van der Waals surface area contributed by atoms with Gasteiger partial charge in [-0.2, -0.15) is 0 Å². The first-order valence-electron chi connectivity index (χ1n) is 8.07. The monoisotopic (exact) mass is 330 g/mol. The van der Waals surface area contributed by atoms with Gasteiger partial charge in [-0.15, -0.1) is 0 Å². The van der Waals surface area contributed by atoms with Crippen molar-refractivity contribution in [1.29, 1.82) is 0 Å². The Hall–Kier alpha value is -1.94. The van der Waals surface area contributed by atoms with Crippen molar-refractivity contribution in [3.8, 4) is 5.75 Å². The topological polar surface area (TPSA) is 45.3 Å². The quantitative estimate of drug-likeness (QED) is 0.914. The number of aromatic nitrogens is 1. The van der Waals surface area contributed by atoms with Gasteiger partial charge in [0.25, 0.3) is 0 Å². The standard InChI is InChI=1S/C18H19ClN2O2/c19-14-5-6-17-12(10-14)9-13(11-23-17)18(22)21-8-2-4-16(21)15-3-1-7-20-15/h1,3,5-7,10,13,16,20H,2,4,8-9,11H2/t13-,16+/m1/s1. The highest BCUT2D eigenvalue weighted by Crippen LogP contribution is 2.35. The van der Waals surface area contributed by atoms with Gasteiger partial charge in [-0.25, -0.2) is 0 Å². The number of fused-ring (bicyclic) bond motifs is 1. The fourth-order valence-corrected chi connectivity index (χ4v) is 3.86. The van der Waals surface area contributed by atoms with E-state index in [1.54, 1.807) is 0 Å². The molecule has 1 amide bonds. The van der Waals surface area contributed by atoms with E-state index in [1.807, 2.05) is 35.4 Å². The van der Waals surface area contributed by atoms with Crippen LogP contribution in [-0.4, -0.2) is 28.9 Å². The smallest absolute Gasteiger partial charge is 0.230 e. The molecule has 23 heavy (non-hydrogen) atoms. The molecular formula is C18H19ClN2O2. The van der Waals surface area contributed by atoms with Crippen LogP contribution in [0.3, 0.4) is 0 Å². The van der Waals surface area contributed by atoms with Crippen LogP contribution in [0.2, 0.25) is 5.02 Å². The van der Waals surface area contributed by atoms with Crippen molar-refractivity contribution in [3.05, 3.63) is 52.8 Å². The summed E-state index contributed by atoms with van der Waals surface area (Å²) in [5.41, 5.74) is 2.15. The molecule has 0 saturated carbocycles. The van der Waals surface area contributed by atoms with E-state index in [0.717, 1.165) is 36.4 Å². The lowest BCUT2D eigenvalue weighted by atomic mass is 9.95. The van der Waals surface area contributed by atoms with E-state index in [2.05, 4.69) is 11.1 Å². The summed E-state index contributed by atoms with van der Waals surface area (Å²) < 4.78 is 5.78. The summed E-state index contributed by atoms with van der Waals surface area (Å²) in [6.45, 7) is 1.27. The van der Waals surface area contributed by atoms with Gasteiger partial charge in [-0.05, 0) is 55.2 Å². The highest BCUT2D eigenvalue weighted by Gasteiger charge is 2.36. The molecule has 0 unspecified atom stereocenters. The molecule has 0 radical (unpaired) electrons. The van der Waals surface area contributed by atoms with Crippen LogP contribution in [0.1, 0.15) is 30.1 Å². The minimum absolute atomic E-state index is 0.128. The van der Waals surface area contributed by atoms with Gasteiger partial charge in [0.15, 0.2) is 0 Å². The number of aromatic amines is 1. The number of halogens is 1. The van der Waals surface area contributed by atoms with Crippen LogP contribution in [0.4, 0.5) is 0 Å². The molecule has 2 atom stereocenters. The van der Waals surface area contributed by atoms with Gasteiger partial charge in [0.1, 0.15) is 12.4 Å². The van der Waals surface area contributed by atoms with Crippen molar-refractivity contribution in [2.75, 3.05) is 13.2 Å². The number of H-pyrrole nitrogens is 1. The van der Waals surface area contributed by atoms with Crippen LogP contribution in [0.15, 0.2) is 36.5 Å². The zero-order chi connectivity index (χ0) is 15.8. The van der Waals surface area contributed by atoms with E-state index in [4.69, 9.17) is 16.3 Å². The summed E-state index contributed by atoms with van der Waals surface area (Å²) in [6.07, 6.45) is 4.68. The maximum Gasteiger partial charge on any atom is 0.230 e. The second kappa shape index (κ2) is 5.93. The van der Waals surface area contributed by atoms with Gasteiger partial charge in [-0.3, -0.25) is 4.79 Å². The second-order valence-electron chi connectivity index (χ2n) is 6.28. The molecule has 1 N–H and O–H groups in total. The summed E-state index contributed by atoms with van der Waals surface area (Å²) in [4.78, 5) is 18.3. The first-order valence-corrected chi connectivity index (χ1v) is 8.45. The number of ether oxygens (including phenoxy) is 1. The van der Waals surface area contributed by atoms with E-state index < -0.39 is 0 Å². The molecule has 4 nitrogen and oxygen atoms in total. The maximum atomic E-state index is 13.0. The molecule has 1 aromatic heterocycles. The predicted molar refractivity (Wildman–Crippen MR) is 88.6 cm³/mol. The summed E-state index contributed by atoms with van der Waals surface area (Å²) in [7, 11) is 0. The molecular weight excluding hydrogens is 312 g/mol. The number of carbonyl (C=O) groups excluding carboxylic acids is 1. The number of carbonyl (C=O) groups is 1. The molecule has 0 aliphatic carbocycles. The lowest BCUT2D eigenvalue weighted by Gasteiger charge is -2.31. The predicted octanol–water partition coefficient (Wildman–Crippen LogP) is 3.58. The highest BCUT2D eigenvalue weighted by molar-refractivity contribution is 6.30. The summed E-state index contributed by atoms with van der Waals surface area (Å²) in [5, 5.41) is 0.686. The molecule has 3 heterocycles. The third kappa shape index (κ3) is 2.72. The van der Waals surface area contributed by atoms with Crippen LogP contribution < -0.4 is 4.74 Å². The lowest BCUT2D eigenvalue weighted by Crippen LogP contribution is -2.40. The van der Waals surface area contributed by atoms with Gasteiger partial charge in [0, 0.05) is 23.5 Å². The van der Waals surface area contributed by atoms with Crippen molar-refractivity contribution in [2.45, 2.75) is 25.3 Å². The number of likely N-dealkylation sites (tertiary alicyclic amines) is 1. The number of hydrogen-bond donors (Lipinski definition) is 1. The lowest BCUT2D eigenvalue weighted by molar-refractivity contribution is -0.138. The van der Waals surface area contributed by atoms with Crippen LogP contribution in [0.5, 0.6) is 5.75 Å². The third-order valence-corrected chi connectivity index (χ3v) is 5.03. The molecule has 2 aliphatic rings. The Balaban J connectivity index is 1.53. The molecule has 1 aromatic carbocycles. The molecule has 2 aromatic rings. The molecule has 2 aliphatic heterocycles. The first kappa shape index (κ1) is 14.6. The van der Waals surface area contributed by atoms with Crippen LogP contribution >= 0.6 is 11.6 Å². The maximum absolute atomic E-state index is 13.0. The largest absolute Gasteiger partial charge is 0.492 e. The normalized spacial score (nSPS) is 23.4. The number of rotatable bonds is 2. The zero-order valence-corrected chi connectivity index (χ0v) is 13.6. The Bertz CT molecular complexity index is 714. The zero-order valence-electron chi connectivity index (χ0n) is 12.8. The van der Waals surface area contributed by atoms with Gasteiger partial charge < -0.3 is 14.6 Å². The van der Waals surface area contributed by atoms with Crippen molar-refractivity contribution in [1.82, 2.24) is 9.88 Å². The minimum atomic E-state index is -0.128. The molecule has 4 rings (SSSR count). The average molecular weight is 331 g/mol. The fourth-order valence-electron chi connectivity index (χ4n) is 3.66. The number of amides is 1. The Morgan fingerprint density at radius 1 is 1.35 bits per heavy atom. The number of nitrogens with zero attached hydrogens (tertiary/aromatic N) is 1. The van der Waals surface area contributed by atoms with Crippen molar-refractivity contribution in [3.63, 3.8) is 0 Å². The highest BCUT2D eigenvalue weighted by atomic mass is 35.5. The van der Waals surface area contributed by atoms with E-state index in [1.165, 1.54) is 0 Å². The van der Waals surface area contributed by atoms with Gasteiger partial charge in [0.2, 0.25) is 5.91 Å². The Labute approximate surface area is 140 Å². The summed E-state index contributed by atoms with van der Waals surface area (Å²) in [5.74, 6) is 0.907. The molecule has 0 bridgehead atoms. The molecule has 5 heteroatoms. The van der Waals surface area contributed by atoms with Gasteiger partial charge in [-0.1, -0.05) is 11.6 Å². The SMILES string of the molecule is O=C([C@H]1COc2ccc(Cl)cc2C1)N1CCC[C@H]1c1ccc[nH]1. The van der Waals surface area contributed by atoms with Crippen molar-refractivity contribution in [2.24, 2.45) is 5.92 Å². The summed E-state index contributed by atoms with van der Waals surface area (Å²) in [6, 6.07) is 9.82. The van der Waals surface area contributed by atoms with E-state index in [0.29, 0.717) is 18.1 Å². The van der Waals surface area contributed by atoms with E-state index in [9.17, 15) is 4.79 Å². The summed E-state index contributed by atoms with van der Waals surface area (Å²) >= 11 is 6.07. The third-order valence-electron chi connectivity index (χ3n) is 4.79. The average Bonchev–Trinajstić information content (AvgIpc) is 3.24. The molecule has 1 saturated heterocycles. The van der Waals surface area contributed by atoms with Crippen LogP contribution in [-0.2, 0) is 11.2 Å². The van der Waals surface area contributed by atoms with Gasteiger partial charge in [0.05, 0.1) is 12.0 Å². The Morgan fingerprint density at radius 3 is 3.09 bits per heavy atom. The van der Waals surface area contributed by atoms with Crippen molar-refractivity contribution >= 4 is 17.5 Å². The fraction of sp³-hybridized carbons (Fsp3) is 0.389. The Kier molecular flexibility index (Phi) is 3.77. The first-order chi connectivity index (χ1) is 11.2. The van der Waals surface area contributed by atoms with Gasteiger partial charge >= 0.3 is 0 Å². The number of benzene rings is 1. The van der Waals surface area contributed by atoms with Crippen molar-refractivity contribution < 1.29 is 9.53 Å².